The van der Waals surface area contributed by atoms with E-state index in [-0.39, 0.29) is 11.1 Å². The highest BCUT2D eigenvalue weighted by atomic mass is 79.9. The fourth-order valence-electron chi connectivity index (χ4n) is 2.39. The van der Waals surface area contributed by atoms with Crippen molar-refractivity contribution in [1.29, 1.82) is 0 Å². The van der Waals surface area contributed by atoms with Crippen molar-refractivity contribution in [3.8, 4) is 11.5 Å². The summed E-state index contributed by atoms with van der Waals surface area (Å²) in [5.74, 6) is 0.912. The molecule has 5 nitrogen and oxygen atoms in total. The van der Waals surface area contributed by atoms with E-state index in [0.717, 1.165) is 41.1 Å². The van der Waals surface area contributed by atoms with Gasteiger partial charge in [0.15, 0.2) is 11.5 Å². The molecule has 0 unspecified atom stereocenters. The topological polar surface area (TPSA) is 55.8 Å². The van der Waals surface area contributed by atoms with E-state index in [4.69, 9.17) is 9.47 Å². The van der Waals surface area contributed by atoms with Gasteiger partial charge in [-0.2, -0.15) is 0 Å². The van der Waals surface area contributed by atoms with Crippen LogP contribution in [0.2, 0.25) is 0 Å². The number of halogens is 1. The lowest BCUT2D eigenvalue weighted by atomic mass is 10.2. The fraction of sp³-hybridized carbons (Fsp3) is 0.412. The molecule has 0 bridgehead atoms. The highest BCUT2D eigenvalue weighted by molar-refractivity contribution is 9.10. The second-order valence-corrected chi connectivity index (χ2v) is 7.13. The molecule has 130 valence electrons. The zero-order valence-corrected chi connectivity index (χ0v) is 16.3. The number of carbonyl (C=O) groups excluding carboxylic acids is 2. The van der Waals surface area contributed by atoms with Crippen molar-refractivity contribution < 1.29 is 19.1 Å². The number of carbonyl (C=O) groups is 2. The molecular formula is C17H20BrNO4S. The Kier molecular flexibility index (Phi) is 6.74. The van der Waals surface area contributed by atoms with Crippen LogP contribution in [0.4, 0.5) is 4.79 Å². The summed E-state index contributed by atoms with van der Waals surface area (Å²) in [6.07, 6.45) is 4.59. The zero-order chi connectivity index (χ0) is 17.7. The van der Waals surface area contributed by atoms with Crippen molar-refractivity contribution >= 4 is 44.9 Å². The van der Waals surface area contributed by atoms with E-state index < -0.39 is 0 Å². The van der Waals surface area contributed by atoms with E-state index in [1.807, 2.05) is 6.07 Å². The van der Waals surface area contributed by atoms with Crippen molar-refractivity contribution in [2.24, 2.45) is 0 Å². The Labute approximate surface area is 154 Å². The van der Waals surface area contributed by atoms with Crippen LogP contribution in [0, 0.1) is 0 Å². The first-order valence-electron chi connectivity index (χ1n) is 7.68. The predicted octanol–water partition coefficient (Wildman–Crippen LogP) is 4.69. The molecule has 1 aliphatic rings. The normalized spacial score (nSPS) is 16.2. The number of unbranched alkanes of at least 4 members (excludes halogenated alkanes) is 2. The Morgan fingerprint density at radius 3 is 2.58 bits per heavy atom. The SMILES string of the molecule is CCCCCN1C(=O)S/C(=C\c2cc(Br)c(OC)c(OC)c2)C1=O. The van der Waals surface area contributed by atoms with Crippen LogP contribution < -0.4 is 9.47 Å². The molecule has 1 fully saturated rings. The van der Waals surface area contributed by atoms with Crippen LogP contribution in [0.15, 0.2) is 21.5 Å². The van der Waals surface area contributed by atoms with Crippen LogP contribution in [0.1, 0.15) is 31.7 Å². The number of thioether (sulfide) groups is 1. The first-order chi connectivity index (χ1) is 11.5. The van der Waals surface area contributed by atoms with Crippen molar-refractivity contribution in [2.45, 2.75) is 26.2 Å². The van der Waals surface area contributed by atoms with Gasteiger partial charge < -0.3 is 9.47 Å². The standard InChI is InChI=1S/C17H20BrNO4S/c1-4-5-6-7-19-16(20)14(24-17(19)21)10-11-8-12(18)15(23-3)13(9-11)22-2/h8-10H,4-7H2,1-3H3/b14-10-. The predicted molar refractivity (Wildman–Crippen MR) is 99.4 cm³/mol. The van der Waals surface area contributed by atoms with Gasteiger partial charge in [0.1, 0.15) is 0 Å². The molecule has 0 spiro atoms. The summed E-state index contributed by atoms with van der Waals surface area (Å²) < 4.78 is 11.3. The quantitative estimate of drug-likeness (QED) is 0.479. The summed E-state index contributed by atoms with van der Waals surface area (Å²) in [5, 5.41) is -0.207. The fourth-order valence-corrected chi connectivity index (χ4v) is 3.87. The van der Waals surface area contributed by atoms with Gasteiger partial charge >= 0.3 is 0 Å². The molecule has 1 heterocycles. The third kappa shape index (κ3) is 4.13. The first-order valence-corrected chi connectivity index (χ1v) is 9.29. The summed E-state index contributed by atoms with van der Waals surface area (Å²) >= 11 is 4.40. The Morgan fingerprint density at radius 2 is 1.96 bits per heavy atom. The first kappa shape index (κ1) is 18.9. The lowest BCUT2D eigenvalue weighted by molar-refractivity contribution is -0.122. The molecule has 1 saturated heterocycles. The Bertz CT molecular complexity index is 675. The number of hydrogen-bond donors (Lipinski definition) is 0. The number of nitrogens with zero attached hydrogens (tertiary/aromatic N) is 1. The van der Waals surface area contributed by atoms with Gasteiger partial charge in [-0.25, -0.2) is 0 Å². The third-order valence-electron chi connectivity index (χ3n) is 3.61. The summed E-state index contributed by atoms with van der Waals surface area (Å²) in [6, 6.07) is 3.60. The summed E-state index contributed by atoms with van der Waals surface area (Å²) in [5.41, 5.74) is 0.763. The minimum absolute atomic E-state index is 0.207. The third-order valence-corrected chi connectivity index (χ3v) is 5.11. The molecule has 7 heteroatoms. The average molecular weight is 414 g/mol. The van der Waals surface area contributed by atoms with E-state index in [2.05, 4.69) is 22.9 Å². The van der Waals surface area contributed by atoms with Crippen molar-refractivity contribution in [1.82, 2.24) is 4.90 Å². The molecule has 1 aromatic rings. The second-order valence-electron chi connectivity index (χ2n) is 5.28. The number of hydrogen-bond acceptors (Lipinski definition) is 5. The molecule has 2 rings (SSSR count). The maximum atomic E-state index is 12.4. The molecule has 0 aromatic heterocycles. The Balaban J connectivity index is 2.24. The Hall–Kier alpha value is -1.47. The molecule has 0 saturated carbocycles. The second kappa shape index (κ2) is 8.58. The van der Waals surface area contributed by atoms with E-state index in [1.165, 1.54) is 4.90 Å². The zero-order valence-electron chi connectivity index (χ0n) is 13.9. The van der Waals surface area contributed by atoms with Gasteiger partial charge in [-0.1, -0.05) is 19.8 Å². The molecule has 24 heavy (non-hydrogen) atoms. The smallest absolute Gasteiger partial charge is 0.293 e. The summed E-state index contributed by atoms with van der Waals surface area (Å²) in [4.78, 5) is 26.2. The van der Waals surface area contributed by atoms with Gasteiger partial charge in [-0.05, 0) is 57.9 Å². The number of ether oxygens (including phenoxy) is 2. The lowest BCUT2D eigenvalue weighted by Crippen LogP contribution is -2.29. The van der Waals surface area contributed by atoms with E-state index in [9.17, 15) is 9.59 Å². The van der Waals surface area contributed by atoms with Gasteiger partial charge in [-0.15, -0.1) is 0 Å². The number of rotatable bonds is 7. The van der Waals surface area contributed by atoms with Gasteiger partial charge in [0.2, 0.25) is 0 Å². The van der Waals surface area contributed by atoms with Crippen LogP contribution in [-0.2, 0) is 4.79 Å². The lowest BCUT2D eigenvalue weighted by Gasteiger charge is -2.12. The maximum Gasteiger partial charge on any atom is 0.293 e. The van der Waals surface area contributed by atoms with E-state index >= 15 is 0 Å². The van der Waals surface area contributed by atoms with Crippen LogP contribution in [0.5, 0.6) is 11.5 Å². The van der Waals surface area contributed by atoms with Gasteiger partial charge in [0.25, 0.3) is 11.1 Å². The maximum absolute atomic E-state index is 12.4. The molecule has 2 amide bonds. The van der Waals surface area contributed by atoms with E-state index in [0.29, 0.717) is 22.9 Å². The molecule has 0 N–H and O–H groups in total. The molecule has 0 radical (unpaired) electrons. The highest BCUT2D eigenvalue weighted by Gasteiger charge is 2.34. The molecule has 0 atom stereocenters. The van der Waals surface area contributed by atoms with Crippen molar-refractivity contribution in [2.75, 3.05) is 20.8 Å². The van der Waals surface area contributed by atoms with E-state index in [1.54, 1.807) is 26.4 Å². The summed E-state index contributed by atoms with van der Waals surface area (Å²) in [7, 11) is 3.11. The number of amides is 2. The van der Waals surface area contributed by atoms with Gasteiger partial charge in [0, 0.05) is 6.54 Å². The number of benzene rings is 1. The largest absolute Gasteiger partial charge is 0.493 e. The average Bonchev–Trinajstić information content (AvgIpc) is 2.81. The minimum atomic E-state index is -0.230. The Morgan fingerprint density at radius 1 is 1.21 bits per heavy atom. The van der Waals surface area contributed by atoms with Crippen LogP contribution in [-0.4, -0.2) is 36.8 Å². The monoisotopic (exact) mass is 413 g/mol. The van der Waals surface area contributed by atoms with Gasteiger partial charge in [0.05, 0.1) is 23.6 Å². The number of methoxy groups -OCH3 is 2. The van der Waals surface area contributed by atoms with Crippen molar-refractivity contribution in [3.05, 3.63) is 27.1 Å². The van der Waals surface area contributed by atoms with Gasteiger partial charge in [-0.3, -0.25) is 14.5 Å². The molecular weight excluding hydrogens is 394 g/mol. The van der Waals surface area contributed by atoms with Crippen LogP contribution in [0.25, 0.3) is 6.08 Å². The summed E-state index contributed by atoms with van der Waals surface area (Å²) in [6.45, 7) is 2.56. The minimum Gasteiger partial charge on any atom is -0.493 e. The van der Waals surface area contributed by atoms with Crippen LogP contribution in [0.3, 0.4) is 0 Å². The van der Waals surface area contributed by atoms with Crippen LogP contribution >= 0.6 is 27.7 Å². The highest BCUT2D eigenvalue weighted by Crippen LogP contribution is 2.38. The molecule has 1 aliphatic heterocycles. The molecule has 1 aromatic carbocycles. The number of imide groups is 1. The molecule has 0 aliphatic carbocycles. The van der Waals surface area contributed by atoms with Crippen molar-refractivity contribution in [3.63, 3.8) is 0 Å².